The quantitative estimate of drug-likeness (QED) is 0.568. The molecule has 1 aliphatic rings. The van der Waals surface area contributed by atoms with E-state index in [0.29, 0.717) is 5.54 Å². The predicted molar refractivity (Wildman–Crippen MR) is 69.9 cm³/mol. The van der Waals surface area contributed by atoms with E-state index in [1.54, 1.807) is 0 Å². The molecule has 0 aromatic heterocycles. The fourth-order valence-corrected chi connectivity index (χ4v) is 8.05. The van der Waals surface area contributed by atoms with Crippen molar-refractivity contribution in [3.05, 3.63) is 11.6 Å². The average molecular weight is 226 g/mol. The van der Waals surface area contributed by atoms with Gasteiger partial charge >= 0.3 is 0 Å². The van der Waals surface area contributed by atoms with Crippen molar-refractivity contribution in [3.63, 3.8) is 0 Å². The monoisotopic (exact) mass is 226 g/mol. The summed E-state index contributed by atoms with van der Waals surface area (Å²) in [7, 11) is -1.21. The number of aliphatic hydroxyl groups is 1. The molecule has 1 nitrogen and oxygen atoms in total. The molecule has 0 amide bonds. The Hall–Kier alpha value is -0.0831. The summed E-state index contributed by atoms with van der Waals surface area (Å²) in [4.78, 5) is 0. The summed E-state index contributed by atoms with van der Waals surface area (Å²) >= 11 is 0. The second kappa shape index (κ2) is 5.31. The Morgan fingerprint density at radius 3 is 2.27 bits per heavy atom. The summed E-state index contributed by atoms with van der Waals surface area (Å²) in [5.74, 6) is 0. The summed E-state index contributed by atoms with van der Waals surface area (Å²) in [6.07, 6.45) is 4.49. The first-order valence-corrected chi connectivity index (χ1v) is 9.15. The van der Waals surface area contributed by atoms with Crippen LogP contribution < -0.4 is 0 Å². The van der Waals surface area contributed by atoms with Crippen LogP contribution in [0.2, 0.25) is 23.7 Å². The van der Waals surface area contributed by atoms with E-state index in [2.05, 4.69) is 33.8 Å². The minimum absolute atomic E-state index is 0.134. The third kappa shape index (κ3) is 2.36. The van der Waals surface area contributed by atoms with Gasteiger partial charge in [0.2, 0.25) is 0 Å². The van der Waals surface area contributed by atoms with Gasteiger partial charge in [0.1, 0.15) is 0 Å². The Bertz CT molecular complexity index is 222. The Labute approximate surface area is 95.6 Å². The van der Waals surface area contributed by atoms with Gasteiger partial charge in [-0.15, -0.1) is 0 Å². The van der Waals surface area contributed by atoms with Gasteiger partial charge in [0.25, 0.3) is 0 Å². The van der Waals surface area contributed by atoms with E-state index in [1.165, 1.54) is 36.5 Å². The van der Waals surface area contributed by atoms with Crippen molar-refractivity contribution in [2.75, 3.05) is 0 Å². The van der Waals surface area contributed by atoms with Crippen LogP contribution >= 0.6 is 0 Å². The van der Waals surface area contributed by atoms with Crippen LogP contribution in [0.5, 0.6) is 0 Å². The third-order valence-electron chi connectivity index (χ3n) is 4.69. The Morgan fingerprint density at radius 2 is 1.80 bits per heavy atom. The fraction of sp³-hybridized carbons (Fsp3) is 0.846. The molecule has 0 fully saturated rings. The molecule has 0 saturated heterocycles. The van der Waals surface area contributed by atoms with Gasteiger partial charge in [-0.2, -0.15) is 0 Å². The van der Waals surface area contributed by atoms with Crippen LogP contribution in [-0.2, 0) is 0 Å². The minimum atomic E-state index is -1.21. The highest BCUT2D eigenvalue weighted by Crippen LogP contribution is 2.43. The molecule has 0 unspecified atom stereocenters. The lowest BCUT2D eigenvalue weighted by Crippen LogP contribution is -2.44. The fourth-order valence-electron chi connectivity index (χ4n) is 3.26. The highest BCUT2D eigenvalue weighted by atomic mass is 28.3. The third-order valence-corrected chi connectivity index (χ3v) is 11.1. The van der Waals surface area contributed by atoms with Crippen molar-refractivity contribution in [3.8, 4) is 0 Å². The largest absolute Gasteiger partial charge is 0.389 e. The highest BCUT2D eigenvalue weighted by Gasteiger charge is 2.41. The van der Waals surface area contributed by atoms with Crippen molar-refractivity contribution in [1.82, 2.24) is 0 Å². The van der Waals surface area contributed by atoms with Crippen molar-refractivity contribution >= 4 is 8.07 Å². The number of allylic oxidation sites excluding steroid dienone is 1. The molecule has 0 heterocycles. The van der Waals surface area contributed by atoms with Gasteiger partial charge < -0.3 is 5.11 Å². The molecular formula is C13H26OSi. The molecule has 15 heavy (non-hydrogen) atoms. The molecule has 1 rings (SSSR count). The molecule has 0 aromatic carbocycles. The maximum atomic E-state index is 10.3. The summed E-state index contributed by atoms with van der Waals surface area (Å²) < 4.78 is 0. The van der Waals surface area contributed by atoms with Crippen LogP contribution in [-0.4, -0.2) is 19.3 Å². The lowest BCUT2D eigenvalue weighted by molar-refractivity contribution is 0.187. The van der Waals surface area contributed by atoms with E-state index < -0.39 is 8.07 Å². The lowest BCUT2D eigenvalue weighted by atomic mass is 9.97. The van der Waals surface area contributed by atoms with Crippen molar-refractivity contribution < 1.29 is 5.11 Å². The highest BCUT2D eigenvalue weighted by molar-refractivity contribution is 6.81. The van der Waals surface area contributed by atoms with Gasteiger partial charge in [-0.3, -0.25) is 0 Å². The molecular weight excluding hydrogens is 200 g/mol. The molecule has 1 N–H and O–H groups in total. The number of hydrogen-bond donors (Lipinski definition) is 1. The molecule has 0 saturated carbocycles. The van der Waals surface area contributed by atoms with E-state index >= 15 is 0 Å². The molecule has 2 heteroatoms. The summed E-state index contributed by atoms with van der Waals surface area (Å²) in [6.45, 7) is 9.09. The second-order valence-electron chi connectivity index (χ2n) is 5.00. The van der Waals surface area contributed by atoms with Crippen molar-refractivity contribution in [2.45, 2.75) is 70.3 Å². The normalized spacial score (nSPS) is 27.7. The zero-order valence-corrected chi connectivity index (χ0v) is 11.7. The van der Waals surface area contributed by atoms with E-state index in [4.69, 9.17) is 0 Å². The van der Waals surface area contributed by atoms with Crippen LogP contribution in [0.4, 0.5) is 0 Å². The molecule has 0 spiro atoms. The van der Waals surface area contributed by atoms with E-state index in [9.17, 15) is 5.11 Å². The van der Waals surface area contributed by atoms with E-state index in [-0.39, 0.29) is 6.10 Å². The Kier molecular flexibility index (Phi) is 4.59. The molecule has 0 bridgehead atoms. The standard InChI is InChI=1S/C13H26OSi/c1-5-15(6-2,7-3)12-10-8-9-11(4)13(12)14/h9,12-14H,5-8,10H2,1-4H3/t12-,13+/m0/s1. The molecule has 0 radical (unpaired) electrons. The van der Waals surface area contributed by atoms with Gasteiger partial charge in [0.15, 0.2) is 0 Å². The summed E-state index contributed by atoms with van der Waals surface area (Å²) in [5, 5.41) is 10.3. The van der Waals surface area contributed by atoms with Crippen molar-refractivity contribution in [1.29, 1.82) is 0 Å². The van der Waals surface area contributed by atoms with Crippen LogP contribution in [0.25, 0.3) is 0 Å². The number of aliphatic hydroxyl groups excluding tert-OH is 1. The molecule has 2 atom stereocenters. The summed E-state index contributed by atoms with van der Waals surface area (Å²) in [5.41, 5.74) is 1.83. The molecule has 0 aromatic rings. The Morgan fingerprint density at radius 1 is 1.27 bits per heavy atom. The molecule has 88 valence electrons. The van der Waals surface area contributed by atoms with Gasteiger partial charge in [0.05, 0.1) is 14.2 Å². The van der Waals surface area contributed by atoms with Gasteiger partial charge in [0, 0.05) is 0 Å². The first-order chi connectivity index (χ1) is 7.11. The predicted octanol–water partition coefficient (Wildman–Crippen LogP) is 3.97. The number of hydrogen-bond acceptors (Lipinski definition) is 1. The topological polar surface area (TPSA) is 20.2 Å². The maximum absolute atomic E-state index is 10.3. The van der Waals surface area contributed by atoms with Gasteiger partial charge in [-0.25, -0.2) is 0 Å². The van der Waals surface area contributed by atoms with Gasteiger partial charge in [-0.1, -0.05) is 45.0 Å². The first kappa shape index (κ1) is 13.0. The molecule has 0 aliphatic heterocycles. The smallest absolute Gasteiger partial charge is 0.0752 e. The van der Waals surface area contributed by atoms with Crippen LogP contribution in [0.1, 0.15) is 40.5 Å². The second-order valence-corrected chi connectivity index (χ2v) is 10.6. The zero-order valence-electron chi connectivity index (χ0n) is 10.7. The average Bonchev–Trinajstić information content (AvgIpc) is 2.27. The lowest BCUT2D eigenvalue weighted by Gasteiger charge is -2.42. The van der Waals surface area contributed by atoms with Gasteiger partial charge in [-0.05, 0) is 30.9 Å². The van der Waals surface area contributed by atoms with E-state index in [1.807, 2.05) is 0 Å². The van der Waals surface area contributed by atoms with Crippen LogP contribution in [0.3, 0.4) is 0 Å². The SMILES string of the molecule is CC[Si](CC)(CC)[C@H]1CCC=C(C)[C@H]1O. The maximum Gasteiger partial charge on any atom is 0.0752 e. The minimum Gasteiger partial charge on any atom is -0.389 e. The molecule has 1 aliphatic carbocycles. The van der Waals surface area contributed by atoms with E-state index in [0.717, 1.165) is 0 Å². The summed E-state index contributed by atoms with van der Waals surface area (Å²) in [6, 6.07) is 3.99. The van der Waals surface area contributed by atoms with Crippen LogP contribution in [0, 0.1) is 0 Å². The van der Waals surface area contributed by atoms with Crippen molar-refractivity contribution in [2.24, 2.45) is 0 Å². The first-order valence-electron chi connectivity index (χ1n) is 6.46. The Balaban J connectivity index is 2.89. The van der Waals surface area contributed by atoms with Crippen LogP contribution in [0.15, 0.2) is 11.6 Å². The zero-order chi connectivity index (χ0) is 11.5. The number of rotatable bonds is 4.